The number of nitrogens with zero attached hydrogens (tertiary/aromatic N) is 6. The van der Waals surface area contributed by atoms with Crippen LogP contribution in [-0.4, -0.2) is 61.1 Å². The lowest BCUT2D eigenvalue weighted by Gasteiger charge is -2.44. The molecule has 1 saturated heterocycles. The van der Waals surface area contributed by atoms with Gasteiger partial charge < -0.3 is 10.0 Å². The molecule has 200 valence electrons. The van der Waals surface area contributed by atoms with E-state index in [0.717, 1.165) is 13.1 Å². The van der Waals surface area contributed by atoms with Crippen molar-refractivity contribution in [3.8, 4) is 17.0 Å². The number of hydrogen-bond acceptors (Lipinski definition) is 7. The number of aryl methyl sites for hydroxylation is 1. The van der Waals surface area contributed by atoms with Crippen molar-refractivity contribution in [2.24, 2.45) is 13.0 Å². The lowest BCUT2D eigenvalue weighted by Crippen LogP contribution is -2.54. The van der Waals surface area contributed by atoms with Crippen molar-refractivity contribution in [2.45, 2.75) is 44.3 Å². The number of aromatic nitrogens is 4. The standard InChI is InChI=1S/C24H27F5N6OS/c1-33-22-15(20(32-33)14-10-16(24(27,28)29)19(26)21(36)18(14)25)11-30-23(31-22)34-8-9-35(37-2)17(12-34)13-6-4-3-5-7-13/h10-11,13,17,36H,3-9,12H2,1-2H3. The number of rotatable bonds is 4. The van der Waals surface area contributed by atoms with Crippen molar-refractivity contribution in [3.05, 3.63) is 29.5 Å². The highest BCUT2D eigenvalue weighted by Crippen LogP contribution is 2.41. The quantitative estimate of drug-likeness (QED) is 0.351. The minimum absolute atomic E-state index is 0.191. The highest BCUT2D eigenvalue weighted by molar-refractivity contribution is 7.96. The molecule has 0 radical (unpaired) electrons. The van der Waals surface area contributed by atoms with Gasteiger partial charge in [0.1, 0.15) is 5.69 Å². The van der Waals surface area contributed by atoms with Gasteiger partial charge in [-0.2, -0.15) is 23.3 Å². The third-order valence-corrected chi connectivity index (χ3v) is 8.31. The molecule has 1 saturated carbocycles. The number of phenols is 1. The lowest BCUT2D eigenvalue weighted by atomic mass is 9.83. The molecule has 0 bridgehead atoms. The number of anilines is 1. The summed E-state index contributed by atoms with van der Waals surface area (Å²) in [5.74, 6) is -4.25. The fourth-order valence-corrected chi connectivity index (χ4v) is 6.26. The first-order valence-electron chi connectivity index (χ1n) is 12.1. The van der Waals surface area contributed by atoms with Crippen LogP contribution in [0.5, 0.6) is 5.75 Å². The van der Waals surface area contributed by atoms with Crippen LogP contribution in [-0.2, 0) is 13.2 Å². The predicted octanol–water partition coefficient (Wildman–Crippen LogP) is 5.38. The average molecular weight is 543 g/mol. The molecule has 2 fully saturated rings. The Labute approximate surface area is 214 Å². The largest absolute Gasteiger partial charge is 0.503 e. The number of halogens is 5. The summed E-state index contributed by atoms with van der Waals surface area (Å²) in [6.45, 7) is 2.29. The molecule has 5 rings (SSSR count). The molecular formula is C24H27F5N6OS. The van der Waals surface area contributed by atoms with Crippen molar-refractivity contribution in [1.82, 2.24) is 24.1 Å². The Morgan fingerprint density at radius 1 is 1.08 bits per heavy atom. The van der Waals surface area contributed by atoms with E-state index in [1.807, 2.05) is 0 Å². The van der Waals surface area contributed by atoms with Crippen LogP contribution in [0.2, 0.25) is 0 Å². The number of fused-ring (bicyclic) bond motifs is 1. The summed E-state index contributed by atoms with van der Waals surface area (Å²) in [6.07, 6.45) is 4.46. The third kappa shape index (κ3) is 4.71. The van der Waals surface area contributed by atoms with Gasteiger partial charge in [0.25, 0.3) is 0 Å². The summed E-state index contributed by atoms with van der Waals surface area (Å²) in [5.41, 5.74) is -2.38. The molecule has 37 heavy (non-hydrogen) atoms. The van der Waals surface area contributed by atoms with Crippen molar-refractivity contribution in [2.75, 3.05) is 30.8 Å². The molecule has 1 aliphatic carbocycles. The van der Waals surface area contributed by atoms with E-state index in [4.69, 9.17) is 0 Å². The van der Waals surface area contributed by atoms with E-state index in [1.165, 1.54) is 50.0 Å². The van der Waals surface area contributed by atoms with E-state index in [9.17, 15) is 27.1 Å². The van der Waals surface area contributed by atoms with Gasteiger partial charge in [-0.1, -0.05) is 31.2 Å². The Morgan fingerprint density at radius 3 is 2.49 bits per heavy atom. The van der Waals surface area contributed by atoms with Gasteiger partial charge in [-0.25, -0.2) is 22.8 Å². The highest BCUT2D eigenvalue weighted by Gasteiger charge is 2.38. The number of benzene rings is 1. The summed E-state index contributed by atoms with van der Waals surface area (Å²) in [6, 6.07) is 0.666. The topological polar surface area (TPSA) is 70.3 Å². The Morgan fingerprint density at radius 2 is 1.81 bits per heavy atom. The van der Waals surface area contributed by atoms with E-state index in [2.05, 4.69) is 30.5 Å². The first-order valence-corrected chi connectivity index (χ1v) is 13.3. The Hall–Kier alpha value is -2.67. The number of aromatic hydroxyl groups is 1. The first-order chi connectivity index (χ1) is 17.6. The predicted molar refractivity (Wildman–Crippen MR) is 131 cm³/mol. The van der Waals surface area contributed by atoms with Crippen LogP contribution in [0.25, 0.3) is 22.3 Å². The fourth-order valence-electron chi connectivity index (χ4n) is 5.49. The van der Waals surface area contributed by atoms with Crippen molar-refractivity contribution < 1.29 is 27.1 Å². The Kier molecular flexibility index (Phi) is 6.94. The highest BCUT2D eigenvalue weighted by atomic mass is 32.2. The first kappa shape index (κ1) is 26.0. The second-order valence-corrected chi connectivity index (χ2v) is 10.4. The van der Waals surface area contributed by atoms with Crippen LogP contribution in [0.4, 0.5) is 27.9 Å². The maximum Gasteiger partial charge on any atom is 0.419 e. The van der Waals surface area contributed by atoms with E-state index < -0.39 is 34.7 Å². The summed E-state index contributed by atoms with van der Waals surface area (Å²) >= 11 is 1.75. The Balaban J connectivity index is 1.51. The van der Waals surface area contributed by atoms with Crippen LogP contribution >= 0.6 is 11.9 Å². The summed E-state index contributed by atoms with van der Waals surface area (Å²) in [7, 11) is 1.53. The molecule has 2 aliphatic rings. The summed E-state index contributed by atoms with van der Waals surface area (Å²) in [5, 5.41) is 14.1. The van der Waals surface area contributed by atoms with Gasteiger partial charge in [-0.3, -0.25) is 0 Å². The Bertz CT molecular complexity index is 1310. The van der Waals surface area contributed by atoms with Gasteiger partial charge in [0.05, 0.1) is 10.9 Å². The molecule has 1 aromatic carbocycles. The zero-order chi connectivity index (χ0) is 26.5. The molecular weight excluding hydrogens is 515 g/mol. The maximum absolute atomic E-state index is 14.8. The molecule has 1 N–H and O–H groups in total. The normalized spacial score (nSPS) is 20.2. The second kappa shape index (κ2) is 9.90. The van der Waals surface area contributed by atoms with E-state index in [0.29, 0.717) is 36.2 Å². The van der Waals surface area contributed by atoms with Crippen LogP contribution in [0.1, 0.15) is 37.7 Å². The molecule has 3 heterocycles. The van der Waals surface area contributed by atoms with E-state index in [1.54, 1.807) is 11.9 Å². The van der Waals surface area contributed by atoms with Crippen LogP contribution in [0.3, 0.4) is 0 Å². The second-order valence-electron chi connectivity index (χ2n) is 9.56. The molecule has 0 amide bonds. The molecule has 1 unspecified atom stereocenters. The molecule has 7 nitrogen and oxygen atoms in total. The van der Waals surface area contributed by atoms with Crippen LogP contribution in [0.15, 0.2) is 12.3 Å². The zero-order valence-electron chi connectivity index (χ0n) is 20.4. The van der Waals surface area contributed by atoms with Crippen LogP contribution < -0.4 is 4.90 Å². The van der Waals surface area contributed by atoms with E-state index in [-0.39, 0.29) is 11.1 Å². The fraction of sp³-hybridized carbons (Fsp3) is 0.542. The number of piperazine rings is 1. The van der Waals surface area contributed by atoms with Gasteiger partial charge in [0.2, 0.25) is 5.95 Å². The van der Waals surface area contributed by atoms with Gasteiger partial charge in [-0.05, 0) is 31.1 Å². The SMILES string of the molecule is CSN1CCN(c2ncc3c(-c4cc(C(F)(F)F)c(F)c(O)c4F)nn(C)c3n2)CC1C1CCCCC1. The third-order valence-electron chi connectivity index (χ3n) is 7.38. The van der Waals surface area contributed by atoms with E-state index >= 15 is 0 Å². The molecule has 3 aromatic rings. The molecule has 1 atom stereocenters. The number of hydrogen-bond donors (Lipinski definition) is 1. The summed E-state index contributed by atoms with van der Waals surface area (Å²) < 4.78 is 72.4. The molecule has 13 heteroatoms. The van der Waals surface area contributed by atoms with Gasteiger partial charge in [0, 0.05) is 44.5 Å². The lowest BCUT2D eigenvalue weighted by molar-refractivity contribution is -0.140. The minimum atomic E-state index is -5.13. The van der Waals surface area contributed by atoms with Gasteiger partial charge in [0.15, 0.2) is 23.0 Å². The summed E-state index contributed by atoms with van der Waals surface area (Å²) in [4.78, 5) is 11.2. The van der Waals surface area contributed by atoms with Gasteiger partial charge >= 0.3 is 6.18 Å². The van der Waals surface area contributed by atoms with Crippen molar-refractivity contribution in [1.29, 1.82) is 0 Å². The number of alkyl halides is 3. The minimum Gasteiger partial charge on any atom is -0.503 e. The van der Waals surface area contributed by atoms with Gasteiger partial charge in [-0.15, -0.1) is 0 Å². The monoisotopic (exact) mass is 542 g/mol. The molecule has 2 aromatic heterocycles. The van der Waals surface area contributed by atoms with Crippen LogP contribution in [0, 0.1) is 17.6 Å². The number of phenolic OH excluding ortho intramolecular Hbond substituents is 1. The molecule has 0 spiro atoms. The average Bonchev–Trinajstić information content (AvgIpc) is 3.22. The zero-order valence-corrected chi connectivity index (χ0v) is 21.2. The smallest absolute Gasteiger partial charge is 0.419 e. The van der Waals surface area contributed by atoms with Crippen molar-refractivity contribution in [3.63, 3.8) is 0 Å². The molecule has 1 aliphatic heterocycles. The maximum atomic E-state index is 14.8. The van der Waals surface area contributed by atoms with Crippen molar-refractivity contribution >= 4 is 28.9 Å².